The summed E-state index contributed by atoms with van der Waals surface area (Å²) in [6.07, 6.45) is 20.6. The molecule has 15 fully saturated rings. The highest BCUT2D eigenvalue weighted by atomic mass is 32.2. The smallest absolute Gasteiger partial charge is 0.409 e. The Hall–Kier alpha value is -3.51. The van der Waals surface area contributed by atoms with Crippen molar-refractivity contribution in [3.63, 3.8) is 0 Å². The molecule has 9 atom stereocenters. The summed E-state index contributed by atoms with van der Waals surface area (Å²) >= 11 is 0. The molecule has 85 heavy (non-hydrogen) atoms. The van der Waals surface area contributed by atoms with Crippen LogP contribution in [0, 0.1) is 80.8 Å². The Bertz CT molecular complexity index is 2600. The minimum Gasteiger partial charge on any atom is -0.459 e. The van der Waals surface area contributed by atoms with Crippen LogP contribution in [-0.4, -0.2) is 121 Å². The molecule has 0 aromatic carbocycles. The summed E-state index contributed by atoms with van der Waals surface area (Å²) in [6, 6.07) is 0. The van der Waals surface area contributed by atoms with Crippen molar-refractivity contribution in [3.8, 4) is 0 Å². The van der Waals surface area contributed by atoms with E-state index in [1.54, 1.807) is 27.9 Å². The Labute approximate surface area is 508 Å². The minimum absolute atomic E-state index is 0.0130. The lowest BCUT2D eigenvalue weighted by atomic mass is 9.50. The van der Waals surface area contributed by atoms with E-state index in [1.165, 1.54) is 49.8 Å². The van der Waals surface area contributed by atoms with Crippen LogP contribution in [0.25, 0.3) is 0 Å². The van der Waals surface area contributed by atoms with Crippen molar-refractivity contribution in [2.24, 2.45) is 80.8 Å². The van der Waals surface area contributed by atoms with Gasteiger partial charge in [-0.3, -0.25) is 23.4 Å². The predicted octanol–water partition coefficient (Wildman–Crippen LogP) is 12.0. The summed E-state index contributed by atoms with van der Waals surface area (Å²) in [7, 11) is -0.104. The molecule has 1 N–H and O–H groups in total. The summed E-state index contributed by atoms with van der Waals surface area (Å²) in [4.78, 5) is 74.9. The molecule has 14 aliphatic carbocycles. The Morgan fingerprint density at radius 1 is 0.529 bits per heavy atom. The molecule has 1 saturated heterocycles. The number of ether oxygens (including phenoxy) is 6. The van der Waals surface area contributed by atoms with Crippen LogP contribution in [0.3, 0.4) is 0 Å². The molecule has 15 aliphatic rings. The van der Waals surface area contributed by atoms with Gasteiger partial charge < -0.3 is 38.4 Å². The number of amides is 1. The Morgan fingerprint density at radius 3 is 1.36 bits per heavy atom. The fourth-order valence-electron chi connectivity index (χ4n) is 18.3. The van der Waals surface area contributed by atoms with Gasteiger partial charge in [0.05, 0.1) is 32.5 Å². The molecule has 14 saturated carbocycles. The molecule has 18 heteroatoms. The van der Waals surface area contributed by atoms with Gasteiger partial charge in [0.25, 0.3) is 10.1 Å². The van der Waals surface area contributed by atoms with E-state index in [4.69, 9.17) is 32.6 Å². The van der Waals surface area contributed by atoms with Gasteiger partial charge >= 0.3 is 35.9 Å². The first-order chi connectivity index (χ1) is 39.3. The van der Waals surface area contributed by atoms with Gasteiger partial charge in [-0.2, -0.15) is 8.42 Å². The molecule has 0 aromatic heterocycles. The zero-order valence-electron chi connectivity index (χ0n) is 54.4. The first-order valence-electron chi connectivity index (χ1n) is 33.0. The minimum atomic E-state index is -3.53. The van der Waals surface area contributed by atoms with E-state index in [1.807, 2.05) is 62.3 Å². The average molecular weight is 1210 g/mol. The summed E-state index contributed by atoms with van der Waals surface area (Å²) in [6.45, 7) is 25.0. The molecule has 9 unspecified atom stereocenters. The Morgan fingerprint density at radius 2 is 0.929 bits per heavy atom. The summed E-state index contributed by atoms with van der Waals surface area (Å²) < 4.78 is 63.3. The molecule has 482 valence electrons. The number of hydrogen-bond acceptors (Lipinski definition) is 16. The van der Waals surface area contributed by atoms with Gasteiger partial charge in [-0.1, -0.05) is 27.7 Å². The van der Waals surface area contributed by atoms with E-state index in [0.29, 0.717) is 67.6 Å². The van der Waals surface area contributed by atoms with Crippen molar-refractivity contribution in [2.45, 2.75) is 283 Å². The van der Waals surface area contributed by atoms with Gasteiger partial charge in [-0.15, -0.1) is 0 Å². The first kappa shape index (κ1) is 65.9. The summed E-state index contributed by atoms with van der Waals surface area (Å²) in [5.41, 5.74) is -3.81. The monoisotopic (exact) mass is 1210 g/mol. The van der Waals surface area contributed by atoms with Crippen molar-refractivity contribution >= 4 is 46.1 Å². The van der Waals surface area contributed by atoms with Crippen molar-refractivity contribution in [2.75, 3.05) is 20.7 Å². The van der Waals surface area contributed by atoms with Crippen molar-refractivity contribution < 1.29 is 74.9 Å². The van der Waals surface area contributed by atoms with Crippen LogP contribution < -0.4 is 0 Å². The van der Waals surface area contributed by atoms with Crippen LogP contribution >= 0.6 is 0 Å². The number of carbonyl (C=O) groups is 6. The second kappa shape index (κ2) is 23.4. The molecule has 14 bridgehead atoms. The molecular weight excluding hydrogens is 1110 g/mol. The van der Waals surface area contributed by atoms with Crippen LogP contribution in [0.2, 0.25) is 0 Å². The molecule has 17 nitrogen and oxygen atoms in total. The molecule has 15 rings (SSSR count). The number of aliphatic hydroxyl groups is 1. The van der Waals surface area contributed by atoms with Crippen LogP contribution in [0.4, 0.5) is 4.79 Å². The SMILES string of the molecule is CCC(C)(C)C(=O)OC1(C)C2CC3CC(C2)CC1C3.CCC(C)(C)C(=O)OC12CC3CC(CC(O)(C3)C1)C2.CCC(C)(C)C(=O)OC12CC3CC(CC(OC(=O)N(C)C)(C3)C1)C2.CCC(C)(C)C(=O)OCC(=O)OC1C2CC3C1OS(=O)(=O)C3C2. The van der Waals surface area contributed by atoms with E-state index < -0.39 is 79.2 Å². The molecule has 1 heterocycles. The van der Waals surface area contributed by atoms with Crippen molar-refractivity contribution in [1.82, 2.24) is 4.90 Å². The molecule has 1 amide bonds. The molecule has 1 aliphatic heterocycles. The maximum Gasteiger partial charge on any atom is 0.409 e. The third-order valence-electron chi connectivity index (χ3n) is 24.0. The average Bonchev–Trinajstić information content (AvgIpc) is 1.69. The molecular formula is C67H107NO16S. The maximum atomic E-state index is 12.7. The van der Waals surface area contributed by atoms with E-state index >= 15 is 0 Å². The fraction of sp³-hybridized carbons (Fsp3) is 0.910. The van der Waals surface area contributed by atoms with Crippen LogP contribution in [0.15, 0.2) is 0 Å². The number of hydrogen-bond donors (Lipinski definition) is 1. The number of carbonyl (C=O) groups excluding carboxylic acids is 6. The number of rotatable bonds is 15. The summed E-state index contributed by atoms with van der Waals surface area (Å²) in [5.74, 6) is 3.86. The van der Waals surface area contributed by atoms with Crippen molar-refractivity contribution in [3.05, 3.63) is 0 Å². The lowest BCUT2D eigenvalue weighted by Crippen LogP contribution is -2.62. The Balaban J connectivity index is 0.000000136. The highest BCUT2D eigenvalue weighted by Crippen LogP contribution is 2.63. The van der Waals surface area contributed by atoms with E-state index in [2.05, 4.69) is 13.8 Å². The first-order valence-corrected chi connectivity index (χ1v) is 34.4. The van der Waals surface area contributed by atoms with Crippen LogP contribution in [-0.2, 0) is 66.7 Å². The van der Waals surface area contributed by atoms with Crippen LogP contribution in [0.1, 0.15) is 238 Å². The lowest BCUT2D eigenvalue weighted by Gasteiger charge is -2.60. The largest absolute Gasteiger partial charge is 0.459 e. The van der Waals surface area contributed by atoms with Gasteiger partial charge in [0, 0.05) is 38.8 Å². The topological polar surface area (TPSA) is 225 Å². The van der Waals surface area contributed by atoms with E-state index in [0.717, 1.165) is 82.5 Å². The third kappa shape index (κ3) is 13.4. The number of nitrogens with zero attached hydrogens (tertiary/aromatic N) is 1. The number of esters is 5. The van der Waals surface area contributed by atoms with Crippen LogP contribution in [0.5, 0.6) is 0 Å². The quantitative estimate of drug-likeness (QED) is 0.0914. The zero-order valence-corrected chi connectivity index (χ0v) is 55.2. The predicted molar refractivity (Wildman–Crippen MR) is 317 cm³/mol. The second-order valence-corrected chi connectivity index (χ2v) is 34.4. The molecule has 0 radical (unpaired) electrons. The maximum absolute atomic E-state index is 12.7. The molecule has 0 spiro atoms. The van der Waals surface area contributed by atoms with E-state index in [9.17, 15) is 42.3 Å². The van der Waals surface area contributed by atoms with Gasteiger partial charge in [0.1, 0.15) is 34.6 Å². The van der Waals surface area contributed by atoms with Gasteiger partial charge in [0.2, 0.25) is 0 Å². The second-order valence-electron chi connectivity index (χ2n) is 32.6. The highest BCUT2D eigenvalue weighted by molar-refractivity contribution is 7.87. The lowest BCUT2D eigenvalue weighted by molar-refractivity contribution is -0.227. The standard InChI is InChI=1S/C19H31NO4.C17H28O2.C16H26O3.C15H22O7S/c1-6-17(2,3)15(21)23-18-8-13-7-14(9-18)11-19(10-13,12-18)24-16(22)20(4)5;1-5-16(2,3)15(18)19-17(4)13-7-11-6-12(9-13)10-14(17)8-11;1-4-14(2,3)13(17)19-16-8-11-5-12(9-16)7-15(18,6-11)10-16;1-4-15(2,3)14(17)20-7-11(16)21-12-8-5-9-10(6-8)23(18,19)22-13(9)12/h13-14H,6-12H2,1-5H3;11-14H,5-10H2,1-4H3;11-12,18H,4-10H2,1-3H3;8-10,12-13H,4-7H2,1-3H3. The van der Waals surface area contributed by atoms with Gasteiger partial charge in [-0.05, 0) is 244 Å². The highest BCUT2D eigenvalue weighted by Gasteiger charge is 2.66. The number of fused-ring (bicyclic) bond motifs is 1. The fourth-order valence-corrected chi connectivity index (χ4v) is 20.2. The third-order valence-corrected chi connectivity index (χ3v) is 25.8. The normalized spacial score (nSPS) is 40.4. The van der Waals surface area contributed by atoms with Gasteiger partial charge in [-0.25, -0.2) is 9.59 Å². The zero-order chi connectivity index (χ0) is 62.5. The van der Waals surface area contributed by atoms with Gasteiger partial charge in [0.15, 0.2) is 6.61 Å². The van der Waals surface area contributed by atoms with E-state index in [-0.39, 0.29) is 52.5 Å². The summed E-state index contributed by atoms with van der Waals surface area (Å²) in [5, 5.41) is 10.2. The van der Waals surface area contributed by atoms with Crippen molar-refractivity contribution in [1.29, 1.82) is 0 Å². The Kier molecular flexibility index (Phi) is 18.1. The molecule has 0 aromatic rings.